The average molecular weight is 479 g/mol. The van der Waals surface area contributed by atoms with Crippen LogP contribution < -0.4 is 21.3 Å². The topological polar surface area (TPSA) is 105 Å². The smallest absolute Gasteiger partial charge is 0.251 e. The second-order valence-electron chi connectivity index (χ2n) is 11.5. The first-order chi connectivity index (χ1) is 16.3. The van der Waals surface area contributed by atoms with Gasteiger partial charge in [-0.25, -0.2) is 0 Å². The van der Waals surface area contributed by atoms with Crippen LogP contribution in [0.1, 0.15) is 75.0 Å². The number of benzene rings is 2. The fraction of sp³-hybridized carbons (Fsp3) is 0.464. The zero-order valence-corrected chi connectivity index (χ0v) is 21.7. The van der Waals surface area contributed by atoms with E-state index in [1.165, 1.54) is 0 Å². The minimum Gasteiger partial charge on any atom is -0.351 e. The van der Waals surface area contributed by atoms with Crippen molar-refractivity contribution in [3.63, 3.8) is 0 Å². The van der Waals surface area contributed by atoms with E-state index in [-0.39, 0.29) is 35.0 Å². The first-order valence-electron chi connectivity index (χ1n) is 12.1. The van der Waals surface area contributed by atoms with Gasteiger partial charge in [0.2, 0.25) is 11.8 Å². The third-order valence-corrected chi connectivity index (χ3v) is 6.18. The van der Waals surface area contributed by atoms with Crippen molar-refractivity contribution in [1.29, 1.82) is 0 Å². The van der Waals surface area contributed by atoms with Gasteiger partial charge in [0.25, 0.3) is 5.91 Å². The Kier molecular flexibility index (Phi) is 7.70. The molecule has 0 saturated carbocycles. The second kappa shape index (κ2) is 10.2. The molecular formula is C28H38N4O3. The summed E-state index contributed by atoms with van der Waals surface area (Å²) in [5.74, 6) is -0.525. The predicted octanol–water partition coefficient (Wildman–Crippen LogP) is 4.56. The van der Waals surface area contributed by atoms with Gasteiger partial charge in [0.15, 0.2) is 0 Å². The van der Waals surface area contributed by atoms with Gasteiger partial charge in [-0.1, -0.05) is 64.4 Å². The fourth-order valence-corrected chi connectivity index (χ4v) is 4.02. The fourth-order valence-electron chi connectivity index (χ4n) is 4.02. The number of nitrogens with one attached hydrogen (secondary N) is 2. The molecule has 0 spiro atoms. The van der Waals surface area contributed by atoms with Crippen LogP contribution in [0.3, 0.4) is 0 Å². The summed E-state index contributed by atoms with van der Waals surface area (Å²) in [5.41, 5.74) is 8.78. The quantitative estimate of drug-likeness (QED) is 0.566. The van der Waals surface area contributed by atoms with Gasteiger partial charge < -0.3 is 21.3 Å². The van der Waals surface area contributed by atoms with Gasteiger partial charge in [-0.2, -0.15) is 0 Å². The van der Waals surface area contributed by atoms with Crippen LogP contribution in [0.5, 0.6) is 0 Å². The van der Waals surface area contributed by atoms with Crippen molar-refractivity contribution in [2.75, 3.05) is 23.3 Å². The highest BCUT2D eigenvalue weighted by atomic mass is 16.2. The number of fused-ring (bicyclic) bond motifs is 1. The van der Waals surface area contributed by atoms with Crippen molar-refractivity contribution in [1.82, 2.24) is 5.32 Å². The van der Waals surface area contributed by atoms with Crippen LogP contribution >= 0.6 is 0 Å². The summed E-state index contributed by atoms with van der Waals surface area (Å²) >= 11 is 0. The summed E-state index contributed by atoms with van der Waals surface area (Å²) < 4.78 is 0. The minimum absolute atomic E-state index is 0.0669. The van der Waals surface area contributed by atoms with Crippen molar-refractivity contribution in [3.8, 4) is 0 Å². The third-order valence-electron chi connectivity index (χ3n) is 6.18. The molecule has 0 radical (unpaired) electrons. The lowest BCUT2D eigenvalue weighted by Gasteiger charge is -2.33. The van der Waals surface area contributed by atoms with Crippen LogP contribution in [0.4, 0.5) is 11.4 Å². The van der Waals surface area contributed by atoms with E-state index in [0.717, 1.165) is 11.1 Å². The molecular weight excluding hydrogens is 440 g/mol. The molecule has 7 heteroatoms. The highest BCUT2D eigenvalue weighted by molar-refractivity contribution is 6.06. The van der Waals surface area contributed by atoms with Gasteiger partial charge in [-0.15, -0.1) is 0 Å². The van der Waals surface area contributed by atoms with Crippen molar-refractivity contribution >= 4 is 29.1 Å². The van der Waals surface area contributed by atoms with Crippen molar-refractivity contribution in [2.24, 2.45) is 16.6 Å². The van der Waals surface area contributed by atoms with Gasteiger partial charge in [0.05, 0.1) is 23.8 Å². The molecule has 1 aliphatic rings. The minimum atomic E-state index is -0.447. The maximum Gasteiger partial charge on any atom is 0.251 e. The number of nitrogens with two attached hydrogens (primary N) is 1. The zero-order chi connectivity index (χ0) is 26.0. The Morgan fingerprint density at radius 3 is 2.34 bits per heavy atom. The van der Waals surface area contributed by atoms with Crippen LogP contribution in [0.2, 0.25) is 0 Å². The molecule has 35 heavy (non-hydrogen) atoms. The largest absolute Gasteiger partial charge is 0.351 e. The van der Waals surface area contributed by atoms with Crippen molar-refractivity contribution < 1.29 is 14.4 Å². The summed E-state index contributed by atoms with van der Waals surface area (Å²) in [5, 5.41) is 5.84. The van der Waals surface area contributed by atoms with Crippen LogP contribution in [0, 0.1) is 17.8 Å². The lowest BCUT2D eigenvalue weighted by Crippen LogP contribution is -2.38. The SMILES string of the molecule is Cc1ccc(C2CC(=O)Nc3cc(C(=O)NCC(C)(C)CN)ccc3N2C(=O)CC(C)(C)C)cc1. The molecule has 4 N–H and O–H groups in total. The molecule has 0 saturated heterocycles. The Hall–Kier alpha value is -3.19. The van der Waals surface area contributed by atoms with Gasteiger partial charge in [-0.3, -0.25) is 14.4 Å². The molecule has 1 atom stereocenters. The van der Waals surface area contributed by atoms with Gasteiger partial charge in [-0.05, 0) is 48.1 Å². The van der Waals surface area contributed by atoms with Gasteiger partial charge >= 0.3 is 0 Å². The van der Waals surface area contributed by atoms with E-state index in [4.69, 9.17) is 5.73 Å². The van der Waals surface area contributed by atoms with Crippen LogP contribution in [0.25, 0.3) is 0 Å². The molecule has 3 amide bonds. The van der Waals surface area contributed by atoms with E-state index < -0.39 is 6.04 Å². The number of hydrogen-bond acceptors (Lipinski definition) is 4. The Morgan fingerprint density at radius 1 is 1.09 bits per heavy atom. The highest BCUT2D eigenvalue weighted by Gasteiger charge is 2.35. The van der Waals surface area contributed by atoms with E-state index in [1.807, 2.05) is 65.8 Å². The predicted molar refractivity (Wildman–Crippen MR) is 140 cm³/mol. The molecule has 1 aliphatic heterocycles. The number of amides is 3. The molecule has 2 aromatic carbocycles. The Bertz CT molecular complexity index is 1100. The highest BCUT2D eigenvalue weighted by Crippen LogP contribution is 2.40. The summed E-state index contributed by atoms with van der Waals surface area (Å²) in [6.45, 7) is 12.9. The summed E-state index contributed by atoms with van der Waals surface area (Å²) in [6.07, 6.45) is 0.444. The van der Waals surface area contributed by atoms with Crippen LogP contribution in [-0.4, -0.2) is 30.8 Å². The number of nitrogens with zero attached hydrogens (tertiary/aromatic N) is 1. The molecule has 7 nitrogen and oxygen atoms in total. The molecule has 188 valence electrons. The third kappa shape index (κ3) is 6.69. The lowest BCUT2D eigenvalue weighted by molar-refractivity contribution is -0.121. The monoisotopic (exact) mass is 478 g/mol. The van der Waals surface area contributed by atoms with E-state index in [9.17, 15) is 14.4 Å². The summed E-state index contributed by atoms with van der Waals surface area (Å²) in [7, 11) is 0. The lowest BCUT2D eigenvalue weighted by atomic mass is 9.90. The van der Waals surface area contributed by atoms with Crippen molar-refractivity contribution in [3.05, 3.63) is 59.2 Å². The number of anilines is 2. The number of aryl methyl sites for hydroxylation is 1. The Labute approximate surface area is 208 Å². The maximum absolute atomic E-state index is 13.6. The Morgan fingerprint density at radius 2 is 1.74 bits per heavy atom. The normalized spacial score (nSPS) is 16.3. The first kappa shape index (κ1) is 26.4. The maximum atomic E-state index is 13.6. The molecule has 3 rings (SSSR count). The summed E-state index contributed by atoms with van der Waals surface area (Å²) in [4.78, 5) is 41.2. The van der Waals surface area contributed by atoms with Crippen LogP contribution in [0.15, 0.2) is 42.5 Å². The van der Waals surface area contributed by atoms with Crippen LogP contribution in [-0.2, 0) is 9.59 Å². The van der Waals surface area contributed by atoms with Gasteiger partial charge in [0, 0.05) is 18.5 Å². The standard InChI is InChI=1S/C28H38N4O3/c1-18-7-9-19(10-8-18)23-14-24(33)31-21-13-20(26(35)30-17-28(5,6)16-29)11-12-22(21)32(23)25(34)15-27(2,3)4/h7-13,23H,14-17,29H2,1-6H3,(H,30,35)(H,31,33). The molecule has 0 fully saturated rings. The average Bonchev–Trinajstić information content (AvgIpc) is 2.92. The van der Waals surface area contributed by atoms with E-state index in [1.54, 1.807) is 23.1 Å². The Balaban J connectivity index is 2.03. The first-order valence-corrected chi connectivity index (χ1v) is 12.1. The molecule has 1 unspecified atom stereocenters. The number of rotatable bonds is 6. The number of carbonyl (C=O) groups is 3. The van der Waals surface area contributed by atoms with E-state index >= 15 is 0 Å². The number of carbonyl (C=O) groups excluding carboxylic acids is 3. The van der Waals surface area contributed by atoms with Crippen molar-refractivity contribution in [2.45, 2.75) is 60.4 Å². The number of hydrogen-bond donors (Lipinski definition) is 3. The van der Waals surface area contributed by atoms with E-state index in [2.05, 4.69) is 10.6 Å². The summed E-state index contributed by atoms with van der Waals surface area (Å²) in [6, 6.07) is 12.6. The van der Waals surface area contributed by atoms with E-state index in [0.29, 0.717) is 36.4 Å². The zero-order valence-electron chi connectivity index (χ0n) is 21.7. The molecule has 1 heterocycles. The molecule has 0 bridgehead atoms. The molecule has 0 aliphatic carbocycles. The second-order valence-corrected chi connectivity index (χ2v) is 11.5. The van der Waals surface area contributed by atoms with Gasteiger partial charge in [0.1, 0.15) is 0 Å². The molecule has 0 aromatic heterocycles. The molecule has 2 aromatic rings.